The predicted octanol–water partition coefficient (Wildman–Crippen LogP) is 2.62. The molecule has 1 aliphatic heterocycles. The summed E-state index contributed by atoms with van der Waals surface area (Å²) < 4.78 is 18.3. The molecule has 2 heterocycles. The molecule has 166 valence electrons. The molecule has 0 radical (unpaired) electrons. The van der Waals surface area contributed by atoms with E-state index < -0.39 is 0 Å². The van der Waals surface area contributed by atoms with Gasteiger partial charge in [0.1, 0.15) is 11.6 Å². The Morgan fingerprint density at radius 3 is 2.56 bits per heavy atom. The number of aromatic nitrogens is 1. The molecular weight excluding hydrogens is 411 g/mol. The Bertz CT molecular complexity index is 1100. The van der Waals surface area contributed by atoms with Gasteiger partial charge in [-0.05, 0) is 29.8 Å². The molecule has 1 saturated heterocycles. The maximum atomic E-state index is 13.1. The average molecular weight is 436 g/mol. The first-order valence-electron chi connectivity index (χ1n) is 10.6. The lowest BCUT2D eigenvalue weighted by Gasteiger charge is -2.27. The zero-order valence-corrected chi connectivity index (χ0v) is 17.6. The Morgan fingerprint density at radius 1 is 1.03 bits per heavy atom. The van der Waals surface area contributed by atoms with Gasteiger partial charge < -0.3 is 20.3 Å². The molecule has 7 nitrogen and oxygen atoms in total. The molecule has 2 amide bonds. The van der Waals surface area contributed by atoms with Crippen molar-refractivity contribution >= 4 is 28.5 Å². The topological polar surface area (TPSA) is 83.6 Å². The molecule has 0 aliphatic carbocycles. The largest absolute Gasteiger partial charge is 0.378 e. The minimum atomic E-state index is -0.326. The van der Waals surface area contributed by atoms with Crippen molar-refractivity contribution in [2.75, 3.05) is 44.7 Å². The number of nitrogens with one attached hydrogen (secondary N) is 2. The summed E-state index contributed by atoms with van der Waals surface area (Å²) in [5.41, 5.74) is 2.08. The van der Waals surface area contributed by atoms with E-state index >= 15 is 0 Å². The van der Waals surface area contributed by atoms with Crippen LogP contribution in [0.2, 0.25) is 0 Å². The van der Waals surface area contributed by atoms with Gasteiger partial charge in [0.15, 0.2) is 0 Å². The third-order valence-electron chi connectivity index (χ3n) is 5.28. The molecule has 0 atom stereocenters. The molecule has 0 unspecified atom stereocenters. The molecule has 8 heteroatoms. The summed E-state index contributed by atoms with van der Waals surface area (Å²) in [6.07, 6.45) is 0.187. The quantitative estimate of drug-likeness (QED) is 0.557. The van der Waals surface area contributed by atoms with Crippen LogP contribution in [0.5, 0.6) is 0 Å². The van der Waals surface area contributed by atoms with Crippen LogP contribution in [0.1, 0.15) is 15.9 Å². The van der Waals surface area contributed by atoms with Gasteiger partial charge in [0.2, 0.25) is 5.91 Å². The van der Waals surface area contributed by atoms with E-state index in [1.54, 1.807) is 23.1 Å². The van der Waals surface area contributed by atoms with Gasteiger partial charge in [0, 0.05) is 31.6 Å². The van der Waals surface area contributed by atoms with Crippen molar-refractivity contribution < 1.29 is 18.7 Å². The van der Waals surface area contributed by atoms with E-state index in [2.05, 4.69) is 15.6 Å². The number of fused-ring (bicyclic) bond motifs is 1. The van der Waals surface area contributed by atoms with Gasteiger partial charge in [-0.2, -0.15) is 0 Å². The van der Waals surface area contributed by atoms with Gasteiger partial charge in [0.25, 0.3) is 5.91 Å². The van der Waals surface area contributed by atoms with Crippen molar-refractivity contribution in [1.82, 2.24) is 15.2 Å². The molecule has 0 saturated carbocycles. The van der Waals surface area contributed by atoms with E-state index in [0.717, 1.165) is 16.5 Å². The highest BCUT2D eigenvalue weighted by Gasteiger charge is 2.21. The fraction of sp³-hybridized carbons (Fsp3) is 0.292. The zero-order chi connectivity index (χ0) is 22.3. The molecule has 2 aromatic carbocycles. The molecule has 1 fully saturated rings. The lowest BCUT2D eigenvalue weighted by molar-refractivity contribution is -0.120. The molecule has 4 rings (SSSR count). The fourth-order valence-corrected chi connectivity index (χ4v) is 3.62. The van der Waals surface area contributed by atoms with E-state index in [-0.39, 0.29) is 24.1 Å². The number of hydrogen-bond acceptors (Lipinski definition) is 5. The number of pyridine rings is 1. The van der Waals surface area contributed by atoms with Crippen LogP contribution in [0.15, 0.2) is 54.6 Å². The first-order chi connectivity index (χ1) is 15.6. The third-order valence-corrected chi connectivity index (χ3v) is 5.28. The molecule has 2 N–H and O–H groups in total. The molecule has 3 aromatic rings. The van der Waals surface area contributed by atoms with Crippen LogP contribution >= 0.6 is 0 Å². The Balaban J connectivity index is 1.38. The number of rotatable bonds is 7. The molecule has 32 heavy (non-hydrogen) atoms. The van der Waals surface area contributed by atoms with E-state index in [1.807, 2.05) is 24.3 Å². The number of para-hydroxylation sites is 1. The van der Waals surface area contributed by atoms with E-state index in [9.17, 15) is 14.0 Å². The highest BCUT2D eigenvalue weighted by molar-refractivity contribution is 6.07. The van der Waals surface area contributed by atoms with E-state index in [1.165, 1.54) is 12.1 Å². The highest BCUT2D eigenvalue weighted by Crippen LogP contribution is 2.22. The molecule has 0 spiro atoms. The zero-order valence-electron chi connectivity index (χ0n) is 17.6. The molecule has 0 bridgehead atoms. The smallest absolute Gasteiger partial charge is 0.254 e. The second kappa shape index (κ2) is 10.2. The summed E-state index contributed by atoms with van der Waals surface area (Å²) in [5.74, 6) is 0.0661. The summed E-state index contributed by atoms with van der Waals surface area (Å²) in [7, 11) is 0. The van der Waals surface area contributed by atoms with E-state index in [0.29, 0.717) is 50.8 Å². The van der Waals surface area contributed by atoms with Crippen LogP contribution in [-0.4, -0.2) is 61.1 Å². The summed E-state index contributed by atoms with van der Waals surface area (Å²) in [6.45, 7) is 3.05. The third kappa shape index (κ3) is 5.39. The summed E-state index contributed by atoms with van der Waals surface area (Å²) in [6, 6.07) is 15.2. The standard InChI is InChI=1S/C24H25FN4O3/c25-18-7-5-17(6-8-18)15-23(30)27-10-9-26-22-16-20(19-3-1-2-4-21(19)28-22)24(31)29-11-13-32-14-12-29/h1-8,16H,9-15H2,(H,26,28)(H,27,30). The average Bonchev–Trinajstić information content (AvgIpc) is 2.83. The van der Waals surface area contributed by atoms with Crippen molar-refractivity contribution in [1.29, 1.82) is 0 Å². The van der Waals surface area contributed by atoms with Crippen LogP contribution < -0.4 is 10.6 Å². The Kier molecular flexibility index (Phi) is 6.91. The van der Waals surface area contributed by atoms with Crippen LogP contribution in [0.25, 0.3) is 10.9 Å². The van der Waals surface area contributed by atoms with Crippen LogP contribution in [0, 0.1) is 5.82 Å². The van der Waals surface area contributed by atoms with E-state index in [4.69, 9.17) is 4.74 Å². The maximum absolute atomic E-state index is 13.1. The van der Waals surface area contributed by atoms with Crippen molar-refractivity contribution in [3.63, 3.8) is 0 Å². The summed E-state index contributed by atoms with van der Waals surface area (Å²) >= 11 is 0. The number of anilines is 1. The van der Waals surface area contributed by atoms with Crippen molar-refractivity contribution in [2.24, 2.45) is 0 Å². The molecule has 1 aromatic heterocycles. The Hall–Kier alpha value is -3.52. The summed E-state index contributed by atoms with van der Waals surface area (Å²) in [5, 5.41) is 6.83. The van der Waals surface area contributed by atoms with Gasteiger partial charge >= 0.3 is 0 Å². The normalized spacial score (nSPS) is 13.7. The van der Waals surface area contributed by atoms with Gasteiger partial charge in [-0.1, -0.05) is 30.3 Å². The molecule has 1 aliphatic rings. The number of hydrogen-bond donors (Lipinski definition) is 2. The number of morpholine rings is 1. The van der Waals surface area contributed by atoms with Crippen LogP contribution in [0.4, 0.5) is 10.2 Å². The van der Waals surface area contributed by atoms with Crippen molar-refractivity contribution in [3.8, 4) is 0 Å². The van der Waals surface area contributed by atoms with Crippen molar-refractivity contribution in [3.05, 3.63) is 71.5 Å². The Labute approximate surface area is 185 Å². The number of carbonyl (C=O) groups is 2. The number of halogens is 1. The monoisotopic (exact) mass is 436 g/mol. The fourth-order valence-electron chi connectivity index (χ4n) is 3.62. The lowest BCUT2D eigenvalue weighted by atomic mass is 10.1. The SMILES string of the molecule is O=C(Cc1ccc(F)cc1)NCCNc1cc(C(=O)N2CCOCC2)c2ccccc2n1. The number of carbonyl (C=O) groups excluding carboxylic acids is 2. The van der Waals surface area contributed by atoms with Crippen LogP contribution in [0.3, 0.4) is 0 Å². The van der Waals surface area contributed by atoms with Crippen LogP contribution in [-0.2, 0) is 16.0 Å². The predicted molar refractivity (Wildman–Crippen MR) is 120 cm³/mol. The first-order valence-corrected chi connectivity index (χ1v) is 10.6. The minimum Gasteiger partial charge on any atom is -0.378 e. The minimum absolute atomic E-state index is 0.0393. The number of ether oxygens (including phenoxy) is 1. The van der Waals surface area contributed by atoms with Gasteiger partial charge in [-0.3, -0.25) is 9.59 Å². The van der Waals surface area contributed by atoms with Gasteiger partial charge in [-0.15, -0.1) is 0 Å². The Morgan fingerprint density at radius 2 is 1.78 bits per heavy atom. The second-order valence-corrected chi connectivity index (χ2v) is 7.56. The molecular formula is C24H25FN4O3. The van der Waals surface area contributed by atoms with Gasteiger partial charge in [0.05, 0.1) is 30.7 Å². The maximum Gasteiger partial charge on any atom is 0.254 e. The number of amides is 2. The highest BCUT2D eigenvalue weighted by atomic mass is 19.1. The van der Waals surface area contributed by atoms with Crippen molar-refractivity contribution in [2.45, 2.75) is 6.42 Å². The number of benzene rings is 2. The summed E-state index contributed by atoms with van der Waals surface area (Å²) in [4.78, 5) is 31.6. The first kappa shape index (κ1) is 21.7. The second-order valence-electron chi connectivity index (χ2n) is 7.56. The van der Waals surface area contributed by atoms with Gasteiger partial charge in [-0.25, -0.2) is 9.37 Å². The lowest BCUT2D eigenvalue weighted by Crippen LogP contribution is -2.40. The number of nitrogens with zero attached hydrogens (tertiary/aromatic N) is 2.